The van der Waals surface area contributed by atoms with Crippen LogP contribution in [0.3, 0.4) is 0 Å². The van der Waals surface area contributed by atoms with Gasteiger partial charge in [-0.3, -0.25) is 9.59 Å². The molecule has 0 spiro atoms. The van der Waals surface area contributed by atoms with Crippen molar-refractivity contribution in [1.29, 1.82) is 0 Å². The van der Waals surface area contributed by atoms with Crippen LogP contribution in [0.15, 0.2) is 18.2 Å². The Labute approximate surface area is 145 Å². The number of anilines is 1. The van der Waals surface area contributed by atoms with Crippen LogP contribution in [-0.4, -0.2) is 67.1 Å². The van der Waals surface area contributed by atoms with E-state index in [0.717, 1.165) is 0 Å². The number of hydrogen-bond donors (Lipinski definition) is 1. The molecule has 1 fully saturated rings. The highest BCUT2D eigenvalue weighted by molar-refractivity contribution is 5.98. The molecule has 2 heterocycles. The number of ether oxygens (including phenoxy) is 2. The number of amides is 3. The van der Waals surface area contributed by atoms with E-state index in [1.54, 1.807) is 34.9 Å². The highest BCUT2D eigenvalue weighted by Crippen LogP contribution is 2.28. The van der Waals surface area contributed by atoms with E-state index in [0.29, 0.717) is 56.4 Å². The molecule has 0 unspecified atom stereocenters. The summed E-state index contributed by atoms with van der Waals surface area (Å²) in [6, 6.07) is 5.03. The number of nitrogens with zero attached hydrogens (tertiary/aromatic N) is 2. The predicted molar refractivity (Wildman–Crippen MR) is 89.7 cm³/mol. The first-order valence-electron chi connectivity index (χ1n) is 8.36. The molecule has 1 aromatic carbocycles. The topological polar surface area (TPSA) is 88.2 Å². The van der Waals surface area contributed by atoms with Gasteiger partial charge in [0.05, 0.1) is 25.3 Å². The average Bonchev–Trinajstić information content (AvgIpc) is 2.81. The van der Waals surface area contributed by atoms with Gasteiger partial charge in [-0.15, -0.1) is 0 Å². The third-order valence-corrected chi connectivity index (χ3v) is 4.18. The maximum absolute atomic E-state index is 12.7. The second kappa shape index (κ2) is 7.42. The summed E-state index contributed by atoms with van der Waals surface area (Å²) in [5, 5.41) is 2.75. The molecule has 0 radical (unpaired) electrons. The second-order valence-corrected chi connectivity index (χ2v) is 5.84. The SMILES string of the molecule is CCOC(=O)N1CCN(C(=O)c2ccc3c(c2)NC(=O)CCO3)CC1. The molecule has 3 amide bonds. The average molecular weight is 347 g/mol. The third kappa shape index (κ3) is 3.84. The van der Waals surface area contributed by atoms with Crippen molar-refractivity contribution in [2.45, 2.75) is 13.3 Å². The van der Waals surface area contributed by atoms with Gasteiger partial charge in [0.2, 0.25) is 5.91 Å². The number of carbonyl (C=O) groups excluding carboxylic acids is 3. The lowest BCUT2D eigenvalue weighted by molar-refractivity contribution is -0.116. The molecule has 8 nitrogen and oxygen atoms in total. The third-order valence-electron chi connectivity index (χ3n) is 4.18. The van der Waals surface area contributed by atoms with Crippen molar-refractivity contribution in [2.24, 2.45) is 0 Å². The van der Waals surface area contributed by atoms with Gasteiger partial charge in [-0.2, -0.15) is 0 Å². The van der Waals surface area contributed by atoms with E-state index < -0.39 is 0 Å². The minimum Gasteiger partial charge on any atom is -0.491 e. The van der Waals surface area contributed by atoms with Crippen LogP contribution in [0.25, 0.3) is 0 Å². The smallest absolute Gasteiger partial charge is 0.409 e. The van der Waals surface area contributed by atoms with Crippen molar-refractivity contribution in [1.82, 2.24) is 9.80 Å². The molecule has 1 aromatic rings. The van der Waals surface area contributed by atoms with Gasteiger partial charge in [0.1, 0.15) is 5.75 Å². The van der Waals surface area contributed by atoms with Crippen molar-refractivity contribution < 1.29 is 23.9 Å². The zero-order chi connectivity index (χ0) is 17.8. The fourth-order valence-electron chi connectivity index (χ4n) is 2.84. The van der Waals surface area contributed by atoms with Gasteiger partial charge in [0, 0.05) is 31.7 Å². The Kier molecular flexibility index (Phi) is 5.06. The number of carbonyl (C=O) groups is 3. The summed E-state index contributed by atoms with van der Waals surface area (Å²) in [5.74, 6) is 0.297. The first kappa shape index (κ1) is 17.1. The Balaban J connectivity index is 1.66. The molecule has 0 aromatic heterocycles. The monoisotopic (exact) mass is 347 g/mol. The quantitative estimate of drug-likeness (QED) is 0.872. The molecule has 0 bridgehead atoms. The molecule has 0 atom stereocenters. The minimum atomic E-state index is -0.348. The van der Waals surface area contributed by atoms with Crippen LogP contribution in [0, 0.1) is 0 Å². The van der Waals surface area contributed by atoms with Gasteiger partial charge in [0.25, 0.3) is 5.91 Å². The van der Waals surface area contributed by atoms with Gasteiger partial charge in [-0.05, 0) is 25.1 Å². The van der Waals surface area contributed by atoms with Crippen LogP contribution in [0.4, 0.5) is 10.5 Å². The Morgan fingerprint density at radius 2 is 1.92 bits per heavy atom. The predicted octanol–water partition coefficient (Wildman–Crippen LogP) is 1.32. The molecule has 8 heteroatoms. The van der Waals surface area contributed by atoms with Crippen LogP contribution in [-0.2, 0) is 9.53 Å². The number of benzene rings is 1. The summed E-state index contributed by atoms with van der Waals surface area (Å²) in [6.07, 6.45) is -0.0622. The molecule has 2 aliphatic rings. The number of fused-ring (bicyclic) bond motifs is 1. The molecule has 2 aliphatic heterocycles. The molecule has 25 heavy (non-hydrogen) atoms. The summed E-state index contributed by atoms with van der Waals surface area (Å²) in [7, 11) is 0. The van der Waals surface area contributed by atoms with E-state index in [-0.39, 0.29) is 24.3 Å². The fourth-order valence-corrected chi connectivity index (χ4v) is 2.84. The zero-order valence-corrected chi connectivity index (χ0v) is 14.1. The fraction of sp³-hybridized carbons (Fsp3) is 0.471. The first-order chi connectivity index (χ1) is 12.1. The second-order valence-electron chi connectivity index (χ2n) is 5.84. The van der Waals surface area contributed by atoms with Gasteiger partial charge in [0.15, 0.2) is 0 Å². The number of nitrogens with one attached hydrogen (secondary N) is 1. The van der Waals surface area contributed by atoms with Crippen molar-refractivity contribution in [3.05, 3.63) is 23.8 Å². The van der Waals surface area contributed by atoms with Crippen molar-refractivity contribution in [3.63, 3.8) is 0 Å². The maximum Gasteiger partial charge on any atom is 0.409 e. The molecule has 0 saturated carbocycles. The number of rotatable bonds is 2. The standard InChI is InChI=1S/C17H21N3O5/c1-2-24-17(23)20-8-6-19(7-9-20)16(22)12-3-4-14-13(11-12)18-15(21)5-10-25-14/h3-4,11H,2,5-10H2,1H3,(H,18,21). The van der Waals surface area contributed by atoms with E-state index in [9.17, 15) is 14.4 Å². The van der Waals surface area contributed by atoms with Crippen LogP contribution in [0.5, 0.6) is 5.75 Å². The number of piperazine rings is 1. The summed E-state index contributed by atoms with van der Waals surface area (Å²) >= 11 is 0. The largest absolute Gasteiger partial charge is 0.491 e. The van der Waals surface area contributed by atoms with Crippen molar-refractivity contribution in [2.75, 3.05) is 44.7 Å². The van der Waals surface area contributed by atoms with Crippen molar-refractivity contribution in [3.8, 4) is 5.75 Å². The lowest BCUT2D eigenvalue weighted by Crippen LogP contribution is -2.50. The maximum atomic E-state index is 12.7. The van der Waals surface area contributed by atoms with Crippen molar-refractivity contribution >= 4 is 23.6 Å². The molecular weight excluding hydrogens is 326 g/mol. The first-order valence-corrected chi connectivity index (χ1v) is 8.36. The minimum absolute atomic E-state index is 0.133. The molecule has 1 saturated heterocycles. The summed E-state index contributed by atoms with van der Waals surface area (Å²) < 4.78 is 10.5. The van der Waals surface area contributed by atoms with E-state index in [1.807, 2.05) is 0 Å². The highest BCUT2D eigenvalue weighted by Gasteiger charge is 2.26. The summed E-state index contributed by atoms with van der Waals surface area (Å²) in [4.78, 5) is 39.3. The molecule has 3 rings (SSSR count). The Morgan fingerprint density at radius 3 is 2.64 bits per heavy atom. The van der Waals surface area contributed by atoms with Gasteiger partial charge >= 0.3 is 6.09 Å². The lowest BCUT2D eigenvalue weighted by atomic mass is 10.1. The van der Waals surface area contributed by atoms with Gasteiger partial charge in [-0.25, -0.2) is 4.79 Å². The normalized spacial score (nSPS) is 17.1. The highest BCUT2D eigenvalue weighted by atomic mass is 16.6. The van der Waals surface area contributed by atoms with Crippen LogP contribution in [0.2, 0.25) is 0 Å². The van der Waals surface area contributed by atoms with Gasteiger partial charge in [-0.1, -0.05) is 0 Å². The van der Waals surface area contributed by atoms with Crippen LogP contribution < -0.4 is 10.1 Å². The Bertz CT molecular complexity index is 683. The number of hydrogen-bond acceptors (Lipinski definition) is 5. The molecule has 0 aliphatic carbocycles. The van der Waals surface area contributed by atoms with E-state index in [2.05, 4.69) is 5.32 Å². The molecular formula is C17H21N3O5. The van der Waals surface area contributed by atoms with Gasteiger partial charge < -0.3 is 24.6 Å². The molecule has 134 valence electrons. The van der Waals surface area contributed by atoms with Crippen LogP contribution >= 0.6 is 0 Å². The zero-order valence-electron chi connectivity index (χ0n) is 14.1. The van der Waals surface area contributed by atoms with Crippen LogP contribution in [0.1, 0.15) is 23.7 Å². The van der Waals surface area contributed by atoms with E-state index >= 15 is 0 Å². The van der Waals surface area contributed by atoms with E-state index in [4.69, 9.17) is 9.47 Å². The Morgan fingerprint density at radius 1 is 1.20 bits per heavy atom. The lowest BCUT2D eigenvalue weighted by Gasteiger charge is -2.34. The summed E-state index contributed by atoms with van der Waals surface area (Å²) in [6.45, 7) is 4.18. The molecule has 1 N–H and O–H groups in total. The Hall–Kier alpha value is -2.77. The summed E-state index contributed by atoms with van der Waals surface area (Å²) in [5.41, 5.74) is 0.993. The van der Waals surface area contributed by atoms with E-state index in [1.165, 1.54) is 0 Å².